The number of pyridine rings is 1. The Morgan fingerprint density at radius 2 is 2.26 bits per heavy atom. The second-order valence-electron chi connectivity index (χ2n) is 6.68. The lowest BCUT2D eigenvalue weighted by molar-refractivity contribution is 0.0946. The number of carbonyl (C=O) groups is 1. The highest BCUT2D eigenvalue weighted by molar-refractivity contribution is 5.91. The van der Waals surface area contributed by atoms with E-state index in [2.05, 4.69) is 26.0 Å². The molecular weight excluding hydrogens is 366 g/mol. The molecular formula is C18H24ClN7O. The van der Waals surface area contributed by atoms with Gasteiger partial charge >= 0.3 is 0 Å². The zero-order valence-electron chi connectivity index (χ0n) is 15.0. The second-order valence-corrected chi connectivity index (χ2v) is 6.68. The van der Waals surface area contributed by atoms with Gasteiger partial charge in [-0.1, -0.05) is 17.7 Å². The molecule has 0 spiro atoms. The predicted octanol–water partition coefficient (Wildman–Crippen LogP) is 1.81. The molecule has 27 heavy (non-hydrogen) atoms. The Hall–Kier alpha value is -2.45. The molecule has 3 aromatic rings. The molecule has 0 bridgehead atoms. The van der Waals surface area contributed by atoms with Gasteiger partial charge in [-0.15, -0.1) is 17.5 Å². The van der Waals surface area contributed by atoms with Crippen molar-refractivity contribution in [3.8, 4) is 0 Å². The summed E-state index contributed by atoms with van der Waals surface area (Å²) in [4.78, 5) is 12.3. The van der Waals surface area contributed by atoms with Gasteiger partial charge in [-0.3, -0.25) is 9.48 Å². The van der Waals surface area contributed by atoms with Gasteiger partial charge in [-0.05, 0) is 43.5 Å². The molecule has 1 aliphatic heterocycles. The van der Waals surface area contributed by atoms with Crippen molar-refractivity contribution < 1.29 is 4.79 Å². The maximum atomic E-state index is 12.3. The van der Waals surface area contributed by atoms with Gasteiger partial charge in [-0.2, -0.15) is 5.10 Å². The predicted molar refractivity (Wildman–Crippen MR) is 104 cm³/mol. The largest absolute Gasteiger partial charge is 0.346 e. The lowest BCUT2D eigenvalue weighted by atomic mass is 10.0. The Labute approximate surface area is 163 Å². The normalized spacial score (nSPS) is 16.8. The van der Waals surface area contributed by atoms with Gasteiger partial charge in [0.05, 0.1) is 11.7 Å². The number of piperidine rings is 1. The Balaban J connectivity index is 0.00000210. The van der Waals surface area contributed by atoms with Crippen molar-refractivity contribution in [3.05, 3.63) is 48.0 Å². The second kappa shape index (κ2) is 8.96. The third kappa shape index (κ3) is 4.64. The first-order valence-electron chi connectivity index (χ1n) is 9.12. The fourth-order valence-electron chi connectivity index (χ4n) is 3.40. The number of rotatable bonds is 6. The Morgan fingerprint density at radius 1 is 1.33 bits per heavy atom. The third-order valence-corrected chi connectivity index (χ3v) is 4.85. The summed E-state index contributed by atoms with van der Waals surface area (Å²) in [5.41, 5.74) is 2.34. The van der Waals surface area contributed by atoms with Crippen LogP contribution in [0.5, 0.6) is 0 Å². The van der Waals surface area contributed by atoms with E-state index in [1.165, 1.54) is 19.3 Å². The quantitative estimate of drug-likeness (QED) is 0.671. The summed E-state index contributed by atoms with van der Waals surface area (Å²) in [5.74, 6) is -0.214. The Kier molecular flexibility index (Phi) is 6.41. The number of carbonyl (C=O) groups excluding carboxylic acids is 1. The van der Waals surface area contributed by atoms with Crippen LogP contribution in [0.25, 0.3) is 5.52 Å². The number of nitrogens with one attached hydrogen (secondary N) is 2. The van der Waals surface area contributed by atoms with Crippen LogP contribution in [-0.4, -0.2) is 43.1 Å². The Morgan fingerprint density at radius 3 is 3.11 bits per heavy atom. The van der Waals surface area contributed by atoms with Crippen LogP contribution in [0.1, 0.15) is 41.7 Å². The van der Waals surface area contributed by atoms with Gasteiger partial charge in [0.15, 0.2) is 5.69 Å². The van der Waals surface area contributed by atoms with Crippen molar-refractivity contribution in [1.29, 1.82) is 0 Å². The van der Waals surface area contributed by atoms with Crippen molar-refractivity contribution in [1.82, 2.24) is 35.2 Å². The molecule has 1 atom stereocenters. The smallest absolute Gasteiger partial charge is 0.273 e. The summed E-state index contributed by atoms with van der Waals surface area (Å²) in [7, 11) is 0. The summed E-state index contributed by atoms with van der Waals surface area (Å²) in [5, 5.41) is 18.7. The zero-order valence-corrected chi connectivity index (χ0v) is 15.9. The number of amides is 1. The van der Waals surface area contributed by atoms with Crippen molar-refractivity contribution in [2.24, 2.45) is 0 Å². The average Bonchev–Trinajstić information content (AvgIpc) is 3.35. The summed E-state index contributed by atoms with van der Waals surface area (Å²) in [6, 6.07) is 6.36. The SMILES string of the molecule is Cl.O=C(NCc1cccn2nccc12)c1cn(CCC2CCCCN2)nn1. The maximum absolute atomic E-state index is 12.3. The standard InChI is InChI=1S/C18H23N7O.ClH/c26-18(20-12-14-4-3-10-25-17(14)6-9-21-25)16-13-24(23-22-16)11-7-15-5-1-2-8-19-15;/h3-4,6,9-10,13,15,19H,1-2,5,7-8,11-12H2,(H,20,26);1H. The molecule has 1 saturated heterocycles. The summed E-state index contributed by atoms with van der Waals surface area (Å²) >= 11 is 0. The molecule has 4 heterocycles. The molecule has 8 nitrogen and oxygen atoms in total. The lowest BCUT2D eigenvalue weighted by Crippen LogP contribution is -2.34. The van der Waals surface area contributed by atoms with Crippen LogP contribution < -0.4 is 10.6 Å². The van der Waals surface area contributed by atoms with Crippen LogP contribution in [-0.2, 0) is 13.1 Å². The van der Waals surface area contributed by atoms with Crippen LogP contribution >= 0.6 is 12.4 Å². The topological polar surface area (TPSA) is 89.1 Å². The summed E-state index contributed by atoms with van der Waals surface area (Å²) in [6.45, 7) is 2.29. The van der Waals surface area contributed by atoms with Crippen molar-refractivity contribution in [2.45, 2.75) is 44.8 Å². The number of aromatic nitrogens is 5. The fourth-order valence-corrected chi connectivity index (χ4v) is 3.40. The third-order valence-electron chi connectivity index (χ3n) is 4.85. The first-order valence-corrected chi connectivity index (χ1v) is 9.12. The molecule has 144 valence electrons. The van der Waals surface area contributed by atoms with Gasteiger partial charge < -0.3 is 10.6 Å². The number of halogens is 1. The van der Waals surface area contributed by atoms with Crippen LogP contribution in [0.4, 0.5) is 0 Å². The molecule has 1 unspecified atom stereocenters. The number of aryl methyl sites for hydroxylation is 1. The van der Waals surface area contributed by atoms with Gasteiger partial charge in [0, 0.05) is 31.5 Å². The first kappa shape index (κ1) is 19.3. The van der Waals surface area contributed by atoms with Gasteiger partial charge in [-0.25, -0.2) is 4.52 Å². The molecule has 0 saturated carbocycles. The van der Waals surface area contributed by atoms with Gasteiger partial charge in [0.2, 0.25) is 0 Å². The van der Waals surface area contributed by atoms with Crippen LogP contribution in [0.2, 0.25) is 0 Å². The van der Waals surface area contributed by atoms with E-state index in [0.717, 1.165) is 30.6 Å². The number of fused-ring (bicyclic) bond motifs is 1. The number of nitrogens with zero attached hydrogens (tertiary/aromatic N) is 5. The highest BCUT2D eigenvalue weighted by Crippen LogP contribution is 2.11. The molecule has 2 N–H and O–H groups in total. The van der Waals surface area contributed by atoms with Crippen molar-refractivity contribution in [3.63, 3.8) is 0 Å². The Bertz CT molecular complexity index is 885. The monoisotopic (exact) mass is 389 g/mol. The highest BCUT2D eigenvalue weighted by Gasteiger charge is 2.14. The molecule has 1 fully saturated rings. The zero-order chi connectivity index (χ0) is 17.8. The lowest BCUT2D eigenvalue weighted by Gasteiger charge is -2.23. The van der Waals surface area contributed by atoms with Crippen LogP contribution in [0.3, 0.4) is 0 Å². The molecule has 9 heteroatoms. The van der Waals surface area contributed by atoms with Gasteiger partial charge in [0.25, 0.3) is 5.91 Å². The molecule has 0 aromatic carbocycles. The highest BCUT2D eigenvalue weighted by atomic mass is 35.5. The molecule has 1 aliphatic rings. The van der Waals surface area contributed by atoms with Crippen molar-refractivity contribution >= 4 is 23.8 Å². The number of hydrogen-bond donors (Lipinski definition) is 2. The van der Waals surface area contributed by atoms with E-state index in [4.69, 9.17) is 0 Å². The van der Waals surface area contributed by atoms with Crippen LogP contribution in [0.15, 0.2) is 36.8 Å². The average molecular weight is 390 g/mol. The first-order chi connectivity index (χ1) is 12.8. The maximum Gasteiger partial charge on any atom is 0.273 e. The molecule has 1 amide bonds. The molecule has 0 aliphatic carbocycles. The minimum Gasteiger partial charge on any atom is -0.346 e. The summed E-state index contributed by atoms with van der Waals surface area (Å²) < 4.78 is 3.54. The van der Waals surface area contributed by atoms with Crippen LogP contribution in [0, 0.1) is 0 Å². The molecule has 4 rings (SSSR count). The van der Waals surface area contributed by atoms with E-state index < -0.39 is 0 Å². The minimum absolute atomic E-state index is 0. The van der Waals surface area contributed by atoms with E-state index in [-0.39, 0.29) is 18.3 Å². The van der Waals surface area contributed by atoms with Crippen molar-refractivity contribution in [2.75, 3.05) is 6.54 Å². The molecule has 0 radical (unpaired) electrons. The van der Waals surface area contributed by atoms with E-state index in [9.17, 15) is 4.79 Å². The van der Waals surface area contributed by atoms with E-state index in [1.807, 2.05) is 24.4 Å². The minimum atomic E-state index is -0.214. The summed E-state index contributed by atoms with van der Waals surface area (Å²) in [6.07, 6.45) is 10.1. The van der Waals surface area contributed by atoms with E-state index >= 15 is 0 Å². The van der Waals surface area contributed by atoms with E-state index in [0.29, 0.717) is 18.3 Å². The molecule has 3 aromatic heterocycles. The number of hydrogen-bond acceptors (Lipinski definition) is 5. The van der Waals surface area contributed by atoms with E-state index in [1.54, 1.807) is 21.6 Å². The van der Waals surface area contributed by atoms with Gasteiger partial charge in [0.1, 0.15) is 0 Å². The fraction of sp³-hybridized carbons (Fsp3) is 0.444.